The van der Waals surface area contributed by atoms with E-state index in [0.717, 1.165) is 23.8 Å². The highest BCUT2D eigenvalue weighted by molar-refractivity contribution is 5.96. The third-order valence-electron chi connectivity index (χ3n) is 7.18. The van der Waals surface area contributed by atoms with Gasteiger partial charge in [0.15, 0.2) is 0 Å². The number of alkyl carbamates (subject to hydrolysis) is 1. The Balaban J connectivity index is 1.57. The summed E-state index contributed by atoms with van der Waals surface area (Å²) in [6, 6.07) is 11.1. The number of para-hydroxylation sites is 1. The Hall–Kier alpha value is -5.99. The van der Waals surface area contributed by atoms with Crippen LogP contribution in [0.5, 0.6) is 5.75 Å². The maximum atomic E-state index is 14.2. The largest absolute Gasteiger partial charge is 0.487 e. The number of aromatic nitrogens is 2. The smallest absolute Gasteiger partial charge is 0.416 e. The monoisotopic (exact) mass is 665 g/mol. The van der Waals surface area contributed by atoms with Crippen molar-refractivity contribution in [2.24, 2.45) is 0 Å². The molecule has 0 aliphatic heterocycles. The molecule has 252 valence electrons. The van der Waals surface area contributed by atoms with Crippen molar-refractivity contribution in [3.63, 3.8) is 0 Å². The summed E-state index contributed by atoms with van der Waals surface area (Å²) < 4.78 is 40.0. The second kappa shape index (κ2) is 15.5. The third-order valence-corrected chi connectivity index (χ3v) is 7.18. The van der Waals surface area contributed by atoms with Crippen LogP contribution in [0.3, 0.4) is 0 Å². The minimum Gasteiger partial charge on any atom is -0.487 e. The number of fused-ring (bicyclic) bond motifs is 1. The Morgan fingerprint density at radius 3 is 2.52 bits per heavy atom. The number of carbonyl (C=O) groups is 4. The van der Waals surface area contributed by atoms with E-state index in [-0.39, 0.29) is 60.1 Å². The van der Waals surface area contributed by atoms with Crippen LogP contribution in [0.15, 0.2) is 77.7 Å². The number of nitrogens with one attached hydrogen (secondary N) is 2. The molecular formula is C33H33F2N5O8. The van der Waals surface area contributed by atoms with Crippen LogP contribution in [-0.4, -0.2) is 70.4 Å². The lowest BCUT2D eigenvalue weighted by atomic mass is 10.1. The quantitative estimate of drug-likeness (QED) is 0.189. The second-order valence-electron chi connectivity index (χ2n) is 10.7. The number of likely N-dealkylation sites (N-methyl/N-ethyl adjacent to an activating group) is 1. The SMILES string of the molecule is COC(=O)NC(CC/C=C/C(=O)N(C)C)C(=O)Nc1cccn(Cc2cc3cccc(OCc4ccc(F)cc4F)c3n2C(=O)O)c1=O. The zero-order chi connectivity index (χ0) is 35.0. The van der Waals surface area contributed by atoms with Crippen LogP contribution in [0.2, 0.25) is 0 Å². The summed E-state index contributed by atoms with van der Waals surface area (Å²) in [5.41, 5.74) is -0.410. The van der Waals surface area contributed by atoms with Crippen LogP contribution in [0.25, 0.3) is 10.9 Å². The minimum absolute atomic E-state index is 0.0624. The van der Waals surface area contributed by atoms with Gasteiger partial charge in [-0.05, 0) is 55.3 Å². The van der Waals surface area contributed by atoms with Crippen molar-refractivity contribution < 1.29 is 42.5 Å². The fourth-order valence-electron chi connectivity index (χ4n) is 4.75. The lowest BCUT2D eigenvalue weighted by molar-refractivity contribution is -0.123. The molecule has 2 aromatic carbocycles. The molecule has 4 rings (SSSR count). The van der Waals surface area contributed by atoms with Gasteiger partial charge in [-0.15, -0.1) is 0 Å². The maximum absolute atomic E-state index is 14.2. The van der Waals surface area contributed by atoms with Crippen molar-refractivity contribution in [2.75, 3.05) is 26.5 Å². The van der Waals surface area contributed by atoms with Gasteiger partial charge in [-0.25, -0.2) is 22.9 Å². The first-order valence-corrected chi connectivity index (χ1v) is 14.6. The fourth-order valence-corrected chi connectivity index (χ4v) is 4.75. The second-order valence-corrected chi connectivity index (χ2v) is 10.7. The summed E-state index contributed by atoms with van der Waals surface area (Å²) >= 11 is 0. The Morgan fingerprint density at radius 1 is 1.06 bits per heavy atom. The maximum Gasteiger partial charge on any atom is 0.416 e. The highest BCUT2D eigenvalue weighted by atomic mass is 19.1. The number of allylic oxidation sites excluding steroid dienone is 1. The number of hydrogen-bond donors (Lipinski definition) is 3. The average molecular weight is 666 g/mol. The summed E-state index contributed by atoms with van der Waals surface area (Å²) in [6.07, 6.45) is 2.37. The van der Waals surface area contributed by atoms with E-state index in [1.165, 1.54) is 46.0 Å². The molecule has 0 fully saturated rings. The van der Waals surface area contributed by atoms with Crippen molar-refractivity contribution in [1.29, 1.82) is 0 Å². The van der Waals surface area contributed by atoms with Gasteiger partial charge in [-0.3, -0.25) is 14.4 Å². The molecule has 1 atom stereocenters. The third kappa shape index (κ3) is 8.43. The summed E-state index contributed by atoms with van der Waals surface area (Å²) in [5, 5.41) is 15.5. The fraction of sp³-hybridized carbons (Fsp3) is 0.242. The predicted octanol–water partition coefficient (Wildman–Crippen LogP) is 4.32. The van der Waals surface area contributed by atoms with Gasteiger partial charge in [0.05, 0.1) is 19.3 Å². The number of benzene rings is 2. The first-order valence-electron chi connectivity index (χ1n) is 14.6. The van der Waals surface area contributed by atoms with Crippen molar-refractivity contribution in [2.45, 2.75) is 32.0 Å². The van der Waals surface area contributed by atoms with E-state index in [0.29, 0.717) is 5.39 Å². The summed E-state index contributed by atoms with van der Waals surface area (Å²) in [7, 11) is 4.30. The van der Waals surface area contributed by atoms with Crippen LogP contribution < -0.4 is 20.9 Å². The van der Waals surface area contributed by atoms with Crippen molar-refractivity contribution >= 4 is 40.6 Å². The normalized spacial score (nSPS) is 11.7. The van der Waals surface area contributed by atoms with Gasteiger partial charge in [0.25, 0.3) is 5.56 Å². The van der Waals surface area contributed by atoms with Crippen LogP contribution in [0.4, 0.5) is 24.1 Å². The van der Waals surface area contributed by atoms with Crippen LogP contribution in [-0.2, 0) is 27.5 Å². The van der Waals surface area contributed by atoms with Gasteiger partial charge in [0.1, 0.15) is 41.2 Å². The molecule has 0 saturated carbocycles. The number of methoxy groups -OCH3 is 1. The first-order chi connectivity index (χ1) is 22.9. The molecule has 48 heavy (non-hydrogen) atoms. The highest BCUT2D eigenvalue weighted by Crippen LogP contribution is 2.30. The van der Waals surface area contributed by atoms with Gasteiger partial charge in [-0.1, -0.05) is 18.2 Å². The molecule has 13 nitrogen and oxygen atoms in total. The zero-order valence-electron chi connectivity index (χ0n) is 26.2. The number of carboxylic acid groups (broad SMARTS) is 1. The molecule has 0 spiro atoms. The number of ether oxygens (including phenoxy) is 2. The Kier molecular flexibility index (Phi) is 11.3. The molecule has 3 N–H and O–H groups in total. The molecule has 15 heteroatoms. The molecule has 2 aromatic heterocycles. The van der Waals surface area contributed by atoms with Gasteiger partial charge < -0.3 is 34.7 Å². The molecular weight excluding hydrogens is 632 g/mol. The number of anilines is 1. The standard InChI is InChI=1S/C33H33F2N5O8/c1-38(2)28(41)12-5-4-9-25(37-32(44)47-3)30(42)36-26-10-7-15-39(31(26)43)18-23-16-20-8-6-11-27(29(20)40(23)33(45)46)48-19-21-13-14-22(34)17-24(21)35/h5-8,10-17,25H,4,9,18-19H2,1-3H3,(H,36,42)(H,37,44)(H,45,46)/b12-5+. The van der Waals surface area contributed by atoms with Crippen LogP contribution in [0, 0.1) is 11.6 Å². The first kappa shape index (κ1) is 34.9. The molecule has 1 unspecified atom stereocenters. The van der Waals surface area contributed by atoms with E-state index in [9.17, 15) is 37.9 Å². The number of nitrogens with zero attached hydrogens (tertiary/aromatic N) is 3. The van der Waals surface area contributed by atoms with E-state index in [1.807, 2.05) is 0 Å². The Morgan fingerprint density at radius 2 is 1.83 bits per heavy atom. The molecule has 3 amide bonds. The van der Waals surface area contributed by atoms with Gasteiger partial charge in [0, 0.05) is 37.3 Å². The number of rotatable bonds is 12. The van der Waals surface area contributed by atoms with E-state index in [1.54, 1.807) is 38.4 Å². The van der Waals surface area contributed by atoms with E-state index in [2.05, 4.69) is 15.4 Å². The summed E-state index contributed by atoms with van der Waals surface area (Å²) in [5.74, 6) is -2.43. The van der Waals surface area contributed by atoms with Crippen LogP contribution in [0.1, 0.15) is 24.1 Å². The molecule has 0 aliphatic carbocycles. The van der Waals surface area contributed by atoms with Crippen LogP contribution >= 0.6 is 0 Å². The lowest BCUT2D eigenvalue weighted by Gasteiger charge is -2.17. The number of hydrogen-bond acceptors (Lipinski definition) is 7. The summed E-state index contributed by atoms with van der Waals surface area (Å²) in [6.45, 7) is -0.535. The molecule has 4 aromatic rings. The minimum atomic E-state index is -1.38. The van der Waals surface area contributed by atoms with Gasteiger partial charge in [0.2, 0.25) is 11.8 Å². The highest BCUT2D eigenvalue weighted by Gasteiger charge is 2.23. The summed E-state index contributed by atoms with van der Waals surface area (Å²) in [4.78, 5) is 64.1. The number of amides is 3. The van der Waals surface area contributed by atoms with E-state index < -0.39 is 41.3 Å². The Labute approximate surface area is 273 Å². The Bertz CT molecular complexity index is 1930. The molecule has 2 heterocycles. The zero-order valence-corrected chi connectivity index (χ0v) is 26.2. The van der Waals surface area contributed by atoms with Crippen molar-refractivity contribution in [1.82, 2.24) is 19.4 Å². The van der Waals surface area contributed by atoms with Gasteiger partial charge >= 0.3 is 12.2 Å². The average Bonchev–Trinajstić information content (AvgIpc) is 3.42. The van der Waals surface area contributed by atoms with Gasteiger partial charge in [-0.2, -0.15) is 0 Å². The topological polar surface area (TPSA) is 161 Å². The molecule has 0 radical (unpaired) electrons. The molecule has 0 aliphatic rings. The number of pyridine rings is 1. The number of carbonyl (C=O) groups excluding carboxylic acids is 3. The van der Waals surface area contributed by atoms with Crippen molar-refractivity contribution in [3.8, 4) is 5.75 Å². The van der Waals surface area contributed by atoms with Crippen molar-refractivity contribution in [3.05, 3.63) is 106 Å². The predicted molar refractivity (Wildman–Crippen MR) is 171 cm³/mol. The molecule has 0 saturated heterocycles. The van der Waals surface area contributed by atoms with E-state index >= 15 is 0 Å². The number of halogens is 2. The molecule has 0 bridgehead atoms. The lowest BCUT2D eigenvalue weighted by Crippen LogP contribution is -2.44. The van der Waals surface area contributed by atoms with E-state index in [4.69, 9.17) is 4.74 Å².